The van der Waals surface area contributed by atoms with E-state index >= 15 is 8.78 Å². The molecule has 2 heterocycles. The minimum atomic E-state index is -4.50. The van der Waals surface area contributed by atoms with Crippen LogP contribution in [0.3, 0.4) is 0 Å². The number of likely N-dealkylation sites (tertiary alicyclic amines) is 1. The molecule has 2 fully saturated rings. The zero-order valence-corrected chi connectivity index (χ0v) is 22.7. The Balaban J connectivity index is 1.48. The van der Waals surface area contributed by atoms with Crippen molar-refractivity contribution in [1.82, 2.24) is 9.21 Å². The molecule has 3 aromatic carbocycles. The van der Waals surface area contributed by atoms with Crippen molar-refractivity contribution in [2.45, 2.75) is 42.8 Å². The molecular formula is C28H27ClF2N2O5S. The van der Waals surface area contributed by atoms with Gasteiger partial charge in [0.2, 0.25) is 10.0 Å². The van der Waals surface area contributed by atoms with E-state index in [1.807, 2.05) is 35.2 Å². The molecule has 2 unspecified atom stereocenters. The highest BCUT2D eigenvalue weighted by Gasteiger charge is 2.61. The van der Waals surface area contributed by atoms with Gasteiger partial charge in [-0.1, -0.05) is 41.9 Å². The maximum atomic E-state index is 15.1. The van der Waals surface area contributed by atoms with E-state index in [2.05, 4.69) is 0 Å². The number of benzene rings is 3. The average molecular weight is 577 g/mol. The first kappa shape index (κ1) is 27.5. The SMILES string of the molecule is CCOC(=O)C12CCC(CN(Cc3ccccc3)C1)N2S(=O)(=O)c1cc(F)c(Oc2ccc(Cl)cc2)c(F)c1. The van der Waals surface area contributed by atoms with Crippen molar-refractivity contribution in [2.24, 2.45) is 0 Å². The topological polar surface area (TPSA) is 76.2 Å². The van der Waals surface area contributed by atoms with Crippen molar-refractivity contribution in [1.29, 1.82) is 0 Å². The van der Waals surface area contributed by atoms with E-state index in [1.165, 1.54) is 24.3 Å². The number of hydrogen-bond donors (Lipinski definition) is 0. The van der Waals surface area contributed by atoms with Gasteiger partial charge in [-0.3, -0.25) is 4.90 Å². The largest absolute Gasteiger partial charge is 0.465 e. The molecule has 0 spiro atoms. The lowest BCUT2D eigenvalue weighted by atomic mass is 9.96. The van der Waals surface area contributed by atoms with Gasteiger partial charge in [0, 0.05) is 30.7 Å². The molecule has 2 atom stereocenters. The minimum absolute atomic E-state index is 0.0673. The lowest BCUT2D eigenvalue weighted by Gasteiger charge is -2.46. The highest BCUT2D eigenvalue weighted by molar-refractivity contribution is 7.89. The Labute approximate surface area is 230 Å². The molecular weight excluding hydrogens is 550 g/mol. The lowest BCUT2D eigenvalue weighted by Crippen LogP contribution is -2.66. The van der Waals surface area contributed by atoms with E-state index in [4.69, 9.17) is 21.1 Å². The van der Waals surface area contributed by atoms with Crippen molar-refractivity contribution in [3.05, 3.63) is 89.0 Å². The number of carbonyl (C=O) groups excluding carboxylic acids is 1. The fraction of sp³-hybridized carbons (Fsp3) is 0.321. The summed E-state index contributed by atoms with van der Waals surface area (Å²) in [5.41, 5.74) is -0.495. The van der Waals surface area contributed by atoms with Crippen LogP contribution in [0.4, 0.5) is 8.78 Å². The maximum absolute atomic E-state index is 15.1. The molecule has 11 heteroatoms. The normalized spacial score (nSPS) is 21.6. The number of esters is 1. The van der Waals surface area contributed by atoms with Crippen LogP contribution in [0.25, 0.3) is 0 Å². The molecule has 206 valence electrons. The Morgan fingerprint density at radius 1 is 1.08 bits per heavy atom. The standard InChI is InChI=1S/C28H27ClF2N2O5S/c1-2-37-27(34)28-13-12-21(17-32(18-28)16-19-6-4-3-5-7-19)33(28)39(35,36)23-14-24(30)26(25(31)15-23)38-22-10-8-20(29)9-11-22/h3-11,14-15,21H,2,12-13,16-18H2,1H3. The first-order chi connectivity index (χ1) is 18.6. The summed E-state index contributed by atoms with van der Waals surface area (Å²) < 4.78 is 69.9. The molecule has 2 saturated heterocycles. The first-order valence-electron chi connectivity index (χ1n) is 12.5. The monoisotopic (exact) mass is 576 g/mol. The molecule has 7 nitrogen and oxygen atoms in total. The van der Waals surface area contributed by atoms with Crippen LogP contribution in [0.1, 0.15) is 25.3 Å². The summed E-state index contributed by atoms with van der Waals surface area (Å²) in [6, 6.07) is 16.4. The Kier molecular flexibility index (Phi) is 7.65. The molecule has 0 aliphatic carbocycles. The van der Waals surface area contributed by atoms with Crippen LogP contribution in [-0.4, -0.2) is 54.9 Å². The van der Waals surface area contributed by atoms with E-state index in [-0.39, 0.29) is 25.3 Å². The molecule has 0 saturated carbocycles. The van der Waals surface area contributed by atoms with Gasteiger partial charge in [-0.05, 0) is 61.7 Å². The molecule has 2 bridgehead atoms. The van der Waals surface area contributed by atoms with Gasteiger partial charge in [-0.2, -0.15) is 4.31 Å². The van der Waals surface area contributed by atoms with Gasteiger partial charge >= 0.3 is 5.97 Å². The van der Waals surface area contributed by atoms with Crippen LogP contribution in [-0.2, 0) is 26.1 Å². The molecule has 0 N–H and O–H groups in total. The molecule has 3 aromatic rings. The Morgan fingerprint density at radius 2 is 1.74 bits per heavy atom. The van der Waals surface area contributed by atoms with Crippen molar-refractivity contribution in [2.75, 3.05) is 19.7 Å². The molecule has 5 rings (SSSR count). The quantitative estimate of drug-likeness (QED) is 0.335. The minimum Gasteiger partial charge on any atom is -0.465 e. The summed E-state index contributed by atoms with van der Waals surface area (Å²) in [6.45, 7) is 2.69. The van der Waals surface area contributed by atoms with Gasteiger partial charge in [-0.15, -0.1) is 0 Å². The second kappa shape index (κ2) is 10.8. The molecule has 2 aliphatic heterocycles. The summed E-state index contributed by atoms with van der Waals surface area (Å²) in [6.07, 6.45) is 0.649. The number of hydrogen-bond acceptors (Lipinski definition) is 6. The molecule has 0 aromatic heterocycles. The third-order valence-corrected chi connectivity index (χ3v) is 9.31. The number of fused-ring (bicyclic) bond motifs is 2. The van der Waals surface area contributed by atoms with E-state index in [1.54, 1.807) is 6.92 Å². The summed E-state index contributed by atoms with van der Waals surface area (Å²) in [7, 11) is -4.50. The van der Waals surface area contributed by atoms with Crippen LogP contribution < -0.4 is 4.74 Å². The van der Waals surface area contributed by atoms with Gasteiger partial charge in [-0.25, -0.2) is 22.0 Å². The van der Waals surface area contributed by atoms with Gasteiger partial charge in [0.1, 0.15) is 11.3 Å². The second-order valence-electron chi connectivity index (χ2n) is 9.67. The summed E-state index contributed by atoms with van der Waals surface area (Å²) in [5, 5.41) is 0.416. The van der Waals surface area contributed by atoms with Crippen molar-refractivity contribution < 1.29 is 31.5 Å². The average Bonchev–Trinajstić information content (AvgIpc) is 3.17. The van der Waals surface area contributed by atoms with E-state index < -0.39 is 49.9 Å². The van der Waals surface area contributed by atoms with Gasteiger partial charge in [0.25, 0.3) is 0 Å². The third-order valence-electron chi connectivity index (χ3n) is 7.07. The Bertz CT molecular complexity index is 1450. The van der Waals surface area contributed by atoms with Crippen LogP contribution in [0.15, 0.2) is 71.6 Å². The highest BCUT2D eigenvalue weighted by atomic mass is 35.5. The number of sulfonamides is 1. The van der Waals surface area contributed by atoms with Crippen LogP contribution >= 0.6 is 11.6 Å². The van der Waals surface area contributed by atoms with Crippen LogP contribution in [0.2, 0.25) is 5.02 Å². The Hall–Kier alpha value is -3.05. The van der Waals surface area contributed by atoms with Crippen molar-refractivity contribution >= 4 is 27.6 Å². The van der Waals surface area contributed by atoms with Crippen LogP contribution in [0.5, 0.6) is 11.5 Å². The number of ether oxygens (including phenoxy) is 2. The summed E-state index contributed by atoms with van der Waals surface area (Å²) in [5.74, 6) is -3.67. The molecule has 2 aliphatic rings. The number of carbonyl (C=O) groups is 1. The number of nitrogens with zero attached hydrogens (tertiary/aromatic N) is 2. The maximum Gasteiger partial charge on any atom is 0.328 e. The van der Waals surface area contributed by atoms with Gasteiger partial charge in [0.05, 0.1) is 11.5 Å². The fourth-order valence-corrected chi connectivity index (χ4v) is 7.56. The first-order valence-corrected chi connectivity index (χ1v) is 14.4. The van der Waals surface area contributed by atoms with E-state index in [0.717, 1.165) is 22.0 Å². The van der Waals surface area contributed by atoms with Gasteiger partial charge in [0.15, 0.2) is 17.4 Å². The lowest BCUT2D eigenvalue weighted by molar-refractivity contribution is -0.157. The Morgan fingerprint density at radius 3 is 2.38 bits per heavy atom. The van der Waals surface area contributed by atoms with E-state index in [9.17, 15) is 13.2 Å². The summed E-state index contributed by atoms with van der Waals surface area (Å²) in [4.78, 5) is 14.8. The predicted molar refractivity (Wildman–Crippen MR) is 141 cm³/mol. The van der Waals surface area contributed by atoms with Crippen molar-refractivity contribution in [3.8, 4) is 11.5 Å². The number of rotatable bonds is 8. The highest BCUT2D eigenvalue weighted by Crippen LogP contribution is 2.45. The number of halogens is 3. The molecule has 0 amide bonds. The fourth-order valence-electron chi connectivity index (χ4n) is 5.46. The zero-order chi connectivity index (χ0) is 27.8. The molecule has 39 heavy (non-hydrogen) atoms. The zero-order valence-electron chi connectivity index (χ0n) is 21.1. The van der Waals surface area contributed by atoms with Crippen molar-refractivity contribution in [3.63, 3.8) is 0 Å². The molecule has 0 radical (unpaired) electrons. The second-order valence-corrected chi connectivity index (χ2v) is 11.9. The summed E-state index contributed by atoms with van der Waals surface area (Å²) >= 11 is 5.84. The third kappa shape index (κ3) is 5.26. The van der Waals surface area contributed by atoms with E-state index in [0.29, 0.717) is 24.5 Å². The predicted octanol–water partition coefficient (Wildman–Crippen LogP) is 5.38. The smallest absolute Gasteiger partial charge is 0.328 e. The van der Waals surface area contributed by atoms with Gasteiger partial charge < -0.3 is 9.47 Å². The number of piperazine rings is 1. The van der Waals surface area contributed by atoms with Crippen LogP contribution in [0, 0.1) is 11.6 Å².